The van der Waals surface area contributed by atoms with Crippen LogP contribution in [0.2, 0.25) is 0 Å². The molecule has 1 heterocycles. The van der Waals surface area contributed by atoms with Crippen molar-refractivity contribution >= 4 is 40.1 Å². The number of hydrogen-bond acceptors (Lipinski definition) is 8. The third kappa shape index (κ3) is 9.79. The van der Waals surface area contributed by atoms with Crippen LogP contribution in [0.5, 0.6) is 0 Å². The lowest BCUT2D eigenvalue weighted by atomic mass is 10.2. The Labute approximate surface area is 334 Å². The topological polar surface area (TPSA) is 150 Å². The van der Waals surface area contributed by atoms with Gasteiger partial charge in [-0.05, 0) is 103 Å². The highest BCUT2D eigenvalue weighted by Crippen LogP contribution is 2.27. The summed E-state index contributed by atoms with van der Waals surface area (Å²) in [6, 6.07) is 23.7. The lowest BCUT2D eigenvalue weighted by Crippen LogP contribution is -2.51. The second kappa shape index (κ2) is 17.6. The van der Waals surface area contributed by atoms with Crippen LogP contribution in [0.4, 0.5) is 0 Å². The van der Waals surface area contributed by atoms with Crippen molar-refractivity contribution in [1.82, 2.24) is 17.2 Å². The zero-order valence-electron chi connectivity index (χ0n) is 32.7. The van der Waals surface area contributed by atoms with Crippen molar-refractivity contribution in [3.63, 3.8) is 0 Å². The lowest BCUT2D eigenvalue weighted by molar-refractivity contribution is 0.232. The van der Waals surface area contributed by atoms with Gasteiger partial charge in [0.1, 0.15) is 0 Å². The van der Waals surface area contributed by atoms with Crippen molar-refractivity contribution in [2.24, 2.45) is 0 Å². The van der Waals surface area contributed by atoms with E-state index in [1.807, 2.05) is 27.7 Å². The summed E-state index contributed by atoms with van der Waals surface area (Å²) in [4.78, 5) is 0.107. The van der Waals surface area contributed by atoms with E-state index in [4.69, 9.17) is 0 Å². The first kappa shape index (κ1) is 43.6. The summed E-state index contributed by atoms with van der Waals surface area (Å²) in [5.74, 6) is 0. The first-order chi connectivity index (χ1) is 26.2. The molecule has 0 bridgehead atoms. The largest absolute Gasteiger partial charge is 0.243 e. The molecule has 16 heteroatoms. The van der Waals surface area contributed by atoms with E-state index in [2.05, 4.69) is 0 Å². The highest BCUT2D eigenvalue weighted by atomic mass is 32.2. The van der Waals surface area contributed by atoms with Crippen molar-refractivity contribution in [2.45, 2.75) is 86.0 Å². The van der Waals surface area contributed by atoms with E-state index in [-0.39, 0.29) is 71.7 Å². The smallest absolute Gasteiger partial charge is 0.207 e. The first-order valence-corrected chi connectivity index (χ1v) is 24.3. The average Bonchev–Trinajstić information content (AvgIpc) is 3.14. The van der Waals surface area contributed by atoms with Crippen LogP contribution in [0.25, 0.3) is 0 Å². The Balaban J connectivity index is 1.61. The number of nitrogens with zero attached hydrogens (tertiary/aromatic N) is 4. The van der Waals surface area contributed by atoms with Crippen LogP contribution in [0, 0.1) is 27.7 Å². The van der Waals surface area contributed by atoms with Gasteiger partial charge in [0.2, 0.25) is 40.1 Å². The zero-order chi connectivity index (χ0) is 41.1. The molecule has 304 valence electrons. The zero-order valence-corrected chi connectivity index (χ0v) is 36.0. The van der Waals surface area contributed by atoms with Crippen LogP contribution >= 0.6 is 0 Å². The van der Waals surface area contributed by atoms with E-state index in [1.54, 1.807) is 62.4 Å². The van der Waals surface area contributed by atoms with Gasteiger partial charge in [0, 0.05) is 51.4 Å². The molecule has 0 radical (unpaired) electrons. The van der Waals surface area contributed by atoms with Crippen LogP contribution < -0.4 is 0 Å². The highest BCUT2D eigenvalue weighted by Gasteiger charge is 2.37. The first-order valence-electron chi connectivity index (χ1n) is 18.6. The molecule has 4 aromatic rings. The molecule has 1 fully saturated rings. The van der Waals surface area contributed by atoms with E-state index < -0.39 is 52.2 Å². The maximum atomic E-state index is 14.4. The molecule has 0 unspecified atom stereocenters. The third-order valence-corrected chi connectivity index (χ3v) is 17.9. The van der Waals surface area contributed by atoms with Crippen LogP contribution in [-0.2, 0) is 40.1 Å². The molecule has 0 amide bonds. The summed E-state index contributed by atoms with van der Waals surface area (Å²) >= 11 is 0. The van der Waals surface area contributed by atoms with E-state index in [9.17, 15) is 33.7 Å². The molecule has 0 saturated carbocycles. The van der Waals surface area contributed by atoms with E-state index in [0.717, 1.165) is 22.3 Å². The summed E-state index contributed by atoms with van der Waals surface area (Å²) in [5, 5.41) is 0. The third-order valence-electron chi connectivity index (χ3n) is 10.1. The Bertz CT molecular complexity index is 2240. The van der Waals surface area contributed by atoms with Crippen molar-refractivity contribution in [3.8, 4) is 0 Å². The number of rotatable bonds is 8. The molecular weight excluding hydrogens is 793 g/mol. The molecule has 5 rings (SSSR count). The average molecular weight is 845 g/mol. The van der Waals surface area contributed by atoms with Gasteiger partial charge in [-0.25, -0.2) is 33.7 Å². The van der Waals surface area contributed by atoms with Crippen LogP contribution in [-0.4, -0.2) is 102 Å². The quantitative estimate of drug-likeness (QED) is 0.224. The lowest BCUT2D eigenvalue weighted by Gasteiger charge is -2.36. The molecule has 0 N–H and O–H groups in total. The number of benzene rings is 4. The second-order valence-electron chi connectivity index (χ2n) is 14.6. The molecule has 2 atom stereocenters. The Morgan fingerprint density at radius 1 is 0.375 bits per heavy atom. The van der Waals surface area contributed by atoms with Gasteiger partial charge in [-0.3, -0.25) is 0 Å². The van der Waals surface area contributed by atoms with Gasteiger partial charge in [0.25, 0.3) is 0 Å². The highest BCUT2D eigenvalue weighted by molar-refractivity contribution is 7.90. The van der Waals surface area contributed by atoms with Crippen molar-refractivity contribution in [2.75, 3.05) is 39.3 Å². The molecule has 0 aliphatic carbocycles. The fraction of sp³-hybridized carbons (Fsp3) is 0.400. The number of aryl methyl sites for hydroxylation is 4. The van der Waals surface area contributed by atoms with Gasteiger partial charge in [-0.1, -0.05) is 70.8 Å². The Morgan fingerprint density at radius 3 is 0.875 bits per heavy atom. The Morgan fingerprint density at radius 2 is 0.607 bits per heavy atom. The van der Waals surface area contributed by atoms with Crippen LogP contribution in [0.3, 0.4) is 0 Å². The monoisotopic (exact) mass is 844 g/mol. The van der Waals surface area contributed by atoms with Crippen LogP contribution in [0.1, 0.15) is 48.9 Å². The van der Waals surface area contributed by atoms with Gasteiger partial charge in [-0.2, -0.15) is 17.2 Å². The minimum absolute atomic E-state index is 0.0264. The Hall–Kier alpha value is -3.48. The molecule has 0 aromatic heterocycles. The molecule has 56 heavy (non-hydrogen) atoms. The predicted molar refractivity (Wildman–Crippen MR) is 218 cm³/mol. The number of hydrogen-bond donors (Lipinski definition) is 0. The van der Waals surface area contributed by atoms with Crippen molar-refractivity contribution < 1.29 is 33.7 Å². The maximum absolute atomic E-state index is 14.4. The van der Waals surface area contributed by atoms with E-state index in [0.29, 0.717) is 0 Å². The fourth-order valence-corrected chi connectivity index (χ4v) is 13.2. The molecule has 0 spiro atoms. The second-order valence-corrected chi connectivity index (χ2v) is 22.3. The summed E-state index contributed by atoms with van der Waals surface area (Å²) in [7, 11) is -16.8. The van der Waals surface area contributed by atoms with Crippen molar-refractivity contribution in [1.29, 1.82) is 0 Å². The van der Waals surface area contributed by atoms with Gasteiger partial charge in [-0.15, -0.1) is 0 Å². The standard InChI is InChI=1S/C40H52N4O8S4/c1-31-9-17-37(18-10-31)53(45,46)41-25-7-26-42(54(47,48)38-19-11-32(2)12-20-38)30-36(6)44(56(51,52)40-23-15-34(4)16-24-40)28-8-27-43(35(5)29-41)55(49,50)39-21-13-33(3)14-22-39/h9-24,35-36H,7-8,25-30H2,1-6H3/t35-,36-/m0/s1. The molecule has 1 saturated heterocycles. The summed E-state index contributed by atoms with van der Waals surface area (Å²) in [6.07, 6.45) is 0.0608. The molecule has 1 aliphatic heterocycles. The molecule has 4 aromatic carbocycles. The molecule has 1 aliphatic rings. The Kier molecular flexibility index (Phi) is 13.7. The minimum atomic E-state index is -4.20. The van der Waals surface area contributed by atoms with E-state index >= 15 is 0 Å². The van der Waals surface area contributed by atoms with Gasteiger partial charge < -0.3 is 0 Å². The minimum Gasteiger partial charge on any atom is -0.207 e. The predicted octanol–water partition coefficient (Wildman–Crippen LogP) is 5.55. The SMILES string of the molecule is Cc1ccc(S(=O)(=O)N2CCCN(S(=O)(=O)c3ccc(C)cc3)C[C@H](C)N(S(=O)(=O)c3ccc(C)cc3)CCCN(S(=O)(=O)c3ccc(C)cc3)[C@@H](C)C2)cc1. The van der Waals surface area contributed by atoms with Crippen LogP contribution in [0.15, 0.2) is 117 Å². The van der Waals surface area contributed by atoms with Gasteiger partial charge in [0.05, 0.1) is 19.6 Å². The molecule has 12 nitrogen and oxygen atoms in total. The summed E-state index contributed by atoms with van der Waals surface area (Å²) < 4.78 is 120. The fourth-order valence-electron chi connectivity index (χ4n) is 6.76. The summed E-state index contributed by atoms with van der Waals surface area (Å²) in [6.45, 7) is 9.56. The maximum Gasteiger partial charge on any atom is 0.243 e. The molecular formula is C40H52N4O8S4. The van der Waals surface area contributed by atoms with Crippen molar-refractivity contribution in [3.05, 3.63) is 119 Å². The normalized spacial score (nSPS) is 20.0. The van der Waals surface area contributed by atoms with Gasteiger partial charge in [0.15, 0.2) is 0 Å². The summed E-state index contributed by atoms with van der Waals surface area (Å²) in [5.41, 5.74) is 3.44. The van der Waals surface area contributed by atoms with Gasteiger partial charge >= 0.3 is 0 Å². The van der Waals surface area contributed by atoms with E-state index in [1.165, 1.54) is 65.8 Å². The number of sulfonamides is 4.